The number of aryl methyl sites for hydroxylation is 2. The second-order valence-corrected chi connectivity index (χ2v) is 1.94. The van der Waals surface area contributed by atoms with Gasteiger partial charge in [0.25, 0.3) is 0 Å². The third kappa shape index (κ3) is 1.59. The lowest BCUT2D eigenvalue weighted by Crippen LogP contribution is -1.82. The second-order valence-electron chi connectivity index (χ2n) is 1.94. The molecule has 0 unspecified atom stereocenters. The number of rotatable bonds is 2. The summed E-state index contributed by atoms with van der Waals surface area (Å²) in [4.78, 5) is 3.97. The molecule has 1 heterocycles. The quantitative estimate of drug-likeness (QED) is 0.568. The number of aromatic nitrogens is 2. The average molecular weight is 136 g/mol. The van der Waals surface area contributed by atoms with Gasteiger partial charge in [0.2, 0.25) is 5.89 Å². The third-order valence-corrected chi connectivity index (χ3v) is 1.05. The molecule has 1 aromatic heterocycles. The lowest BCUT2D eigenvalue weighted by molar-refractivity contribution is 0.376. The van der Waals surface area contributed by atoms with Gasteiger partial charge in [-0.25, -0.2) is 0 Å². The van der Waals surface area contributed by atoms with Crippen LogP contribution in [0.3, 0.4) is 0 Å². The first kappa shape index (κ1) is 6.81. The van der Waals surface area contributed by atoms with E-state index in [0.717, 1.165) is 0 Å². The van der Waals surface area contributed by atoms with E-state index < -0.39 is 0 Å². The fourth-order valence-electron chi connectivity index (χ4n) is 0.621. The monoisotopic (exact) mass is 136 g/mol. The Hall–Kier alpha value is -1.30. The summed E-state index contributed by atoms with van der Waals surface area (Å²) in [5, 5.41) is 3.61. The molecule has 0 amide bonds. The molecule has 0 N–H and O–H groups in total. The van der Waals surface area contributed by atoms with Crippen LogP contribution < -0.4 is 0 Å². The van der Waals surface area contributed by atoms with Gasteiger partial charge in [0.15, 0.2) is 5.82 Å². The standard InChI is InChI=1S/C7H8N2O/c1-3-4-5-7-8-6(2)9-10-7/h1H,4-5H2,2H3. The maximum atomic E-state index is 5.04. The highest BCUT2D eigenvalue weighted by Crippen LogP contribution is 1.98. The Balaban J connectivity index is 2.52. The molecular formula is C7H8N2O. The Bertz CT molecular complexity index is 246. The Morgan fingerprint density at radius 1 is 1.70 bits per heavy atom. The zero-order valence-electron chi connectivity index (χ0n) is 5.79. The second kappa shape index (κ2) is 3.02. The normalized spacial score (nSPS) is 9.20. The third-order valence-electron chi connectivity index (χ3n) is 1.05. The average Bonchev–Trinajstić information content (AvgIpc) is 2.31. The van der Waals surface area contributed by atoms with Gasteiger partial charge < -0.3 is 4.52 Å². The van der Waals surface area contributed by atoms with Crippen molar-refractivity contribution >= 4 is 0 Å². The van der Waals surface area contributed by atoms with Crippen molar-refractivity contribution in [1.29, 1.82) is 0 Å². The molecule has 10 heavy (non-hydrogen) atoms. The minimum absolute atomic E-state index is 0.621. The van der Waals surface area contributed by atoms with Crippen LogP contribution in [0.15, 0.2) is 4.52 Å². The van der Waals surface area contributed by atoms with Crippen molar-refractivity contribution in [3.8, 4) is 12.3 Å². The predicted molar refractivity (Wildman–Crippen MR) is 36.2 cm³/mol. The molecule has 0 bridgehead atoms. The molecule has 0 spiro atoms. The van der Waals surface area contributed by atoms with E-state index in [1.165, 1.54) is 0 Å². The van der Waals surface area contributed by atoms with Gasteiger partial charge in [0.05, 0.1) is 0 Å². The zero-order valence-corrected chi connectivity index (χ0v) is 5.79. The molecular weight excluding hydrogens is 128 g/mol. The van der Waals surface area contributed by atoms with Gasteiger partial charge in [-0.1, -0.05) is 5.16 Å². The lowest BCUT2D eigenvalue weighted by Gasteiger charge is -1.82. The molecule has 0 radical (unpaired) electrons. The molecule has 0 saturated carbocycles. The van der Waals surface area contributed by atoms with Crippen molar-refractivity contribution in [2.24, 2.45) is 0 Å². The van der Waals surface area contributed by atoms with E-state index in [0.29, 0.717) is 24.6 Å². The molecule has 0 saturated heterocycles. The molecule has 0 atom stereocenters. The minimum atomic E-state index is 0.621. The number of terminal acetylenes is 1. The maximum Gasteiger partial charge on any atom is 0.227 e. The maximum absolute atomic E-state index is 5.04. The highest BCUT2D eigenvalue weighted by molar-refractivity contribution is 4.90. The first-order chi connectivity index (χ1) is 4.83. The van der Waals surface area contributed by atoms with E-state index in [9.17, 15) is 0 Å². The SMILES string of the molecule is C#CCCc1nc(C)no1. The molecule has 0 aromatic carbocycles. The molecule has 0 aliphatic heterocycles. The zero-order chi connectivity index (χ0) is 7.40. The van der Waals surface area contributed by atoms with Crippen LogP contribution in [0, 0.1) is 19.3 Å². The first-order valence-electron chi connectivity index (χ1n) is 3.05. The summed E-state index contributed by atoms with van der Waals surface area (Å²) in [6.45, 7) is 1.78. The molecule has 1 aromatic rings. The van der Waals surface area contributed by atoms with E-state index in [4.69, 9.17) is 10.9 Å². The van der Waals surface area contributed by atoms with E-state index in [1.54, 1.807) is 6.92 Å². The Labute approximate surface area is 59.4 Å². The van der Waals surface area contributed by atoms with Gasteiger partial charge in [-0.2, -0.15) is 4.98 Å². The smallest absolute Gasteiger partial charge is 0.227 e. The van der Waals surface area contributed by atoms with E-state index in [1.807, 2.05) is 0 Å². The molecule has 3 nitrogen and oxygen atoms in total. The first-order valence-corrected chi connectivity index (χ1v) is 3.05. The Morgan fingerprint density at radius 2 is 2.50 bits per heavy atom. The van der Waals surface area contributed by atoms with Crippen LogP contribution in [0.1, 0.15) is 18.1 Å². The summed E-state index contributed by atoms with van der Waals surface area (Å²) >= 11 is 0. The van der Waals surface area contributed by atoms with Gasteiger partial charge in [0, 0.05) is 12.8 Å². The van der Waals surface area contributed by atoms with E-state index >= 15 is 0 Å². The van der Waals surface area contributed by atoms with Crippen molar-refractivity contribution in [3.05, 3.63) is 11.7 Å². The van der Waals surface area contributed by atoms with Gasteiger partial charge in [-0.3, -0.25) is 0 Å². The van der Waals surface area contributed by atoms with Crippen LogP contribution in [0.2, 0.25) is 0 Å². The van der Waals surface area contributed by atoms with Gasteiger partial charge in [0.1, 0.15) is 0 Å². The fraction of sp³-hybridized carbons (Fsp3) is 0.429. The highest BCUT2D eigenvalue weighted by Gasteiger charge is 1.99. The number of nitrogens with zero attached hydrogens (tertiary/aromatic N) is 2. The van der Waals surface area contributed by atoms with Crippen LogP contribution in [-0.2, 0) is 6.42 Å². The van der Waals surface area contributed by atoms with E-state index in [2.05, 4.69) is 16.1 Å². The van der Waals surface area contributed by atoms with Crippen molar-refractivity contribution in [2.45, 2.75) is 19.8 Å². The summed E-state index contributed by atoms with van der Waals surface area (Å²) < 4.78 is 4.81. The van der Waals surface area contributed by atoms with Crippen LogP contribution in [0.4, 0.5) is 0 Å². The molecule has 3 heteroatoms. The summed E-state index contributed by atoms with van der Waals surface area (Å²) in [6.07, 6.45) is 6.38. The predicted octanol–water partition coefficient (Wildman–Crippen LogP) is 0.944. The van der Waals surface area contributed by atoms with Crippen molar-refractivity contribution in [1.82, 2.24) is 10.1 Å². The van der Waals surface area contributed by atoms with Crippen molar-refractivity contribution < 1.29 is 4.52 Å². The topological polar surface area (TPSA) is 38.9 Å². The van der Waals surface area contributed by atoms with Crippen molar-refractivity contribution in [2.75, 3.05) is 0 Å². The lowest BCUT2D eigenvalue weighted by atomic mass is 10.3. The summed E-state index contributed by atoms with van der Waals surface area (Å²) in [5.74, 6) is 3.78. The number of hydrogen-bond donors (Lipinski definition) is 0. The largest absolute Gasteiger partial charge is 0.339 e. The fourth-order valence-corrected chi connectivity index (χ4v) is 0.621. The minimum Gasteiger partial charge on any atom is -0.339 e. The molecule has 0 aliphatic rings. The van der Waals surface area contributed by atoms with Crippen molar-refractivity contribution in [3.63, 3.8) is 0 Å². The summed E-state index contributed by atoms with van der Waals surface area (Å²) in [6, 6.07) is 0. The van der Waals surface area contributed by atoms with Crippen LogP contribution in [0.25, 0.3) is 0 Å². The summed E-state index contributed by atoms with van der Waals surface area (Å²) in [7, 11) is 0. The molecule has 52 valence electrons. The molecule has 1 rings (SSSR count). The summed E-state index contributed by atoms with van der Waals surface area (Å²) in [5.41, 5.74) is 0. The Kier molecular flexibility index (Phi) is 2.06. The van der Waals surface area contributed by atoms with Gasteiger partial charge in [-0.05, 0) is 6.92 Å². The van der Waals surface area contributed by atoms with E-state index in [-0.39, 0.29) is 0 Å². The van der Waals surface area contributed by atoms with Gasteiger partial charge >= 0.3 is 0 Å². The highest BCUT2D eigenvalue weighted by atomic mass is 16.5. The van der Waals surface area contributed by atoms with Crippen LogP contribution >= 0.6 is 0 Å². The van der Waals surface area contributed by atoms with Gasteiger partial charge in [-0.15, -0.1) is 12.3 Å². The molecule has 0 fully saturated rings. The van der Waals surface area contributed by atoms with Crippen LogP contribution in [-0.4, -0.2) is 10.1 Å². The van der Waals surface area contributed by atoms with Crippen LogP contribution in [0.5, 0.6) is 0 Å². The number of hydrogen-bond acceptors (Lipinski definition) is 3. The molecule has 0 aliphatic carbocycles. The Morgan fingerprint density at radius 3 is 3.00 bits per heavy atom.